The maximum Gasteiger partial charge on any atom is 0.294 e. The molecule has 2 aromatic carbocycles. The lowest BCUT2D eigenvalue weighted by Gasteiger charge is -2.20. The van der Waals surface area contributed by atoms with E-state index >= 15 is 0 Å². The highest BCUT2D eigenvalue weighted by molar-refractivity contribution is 7.85. The Hall–Kier alpha value is -2.25. The summed E-state index contributed by atoms with van der Waals surface area (Å²) in [5, 5.41) is 8.16. The summed E-state index contributed by atoms with van der Waals surface area (Å²) in [7, 11) is -4.18. The highest BCUT2D eigenvalue weighted by Crippen LogP contribution is 2.23. The highest BCUT2D eigenvalue weighted by atomic mass is 32.2. The van der Waals surface area contributed by atoms with Crippen LogP contribution in [0.2, 0.25) is 0 Å². The molecule has 0 amide bonds. The molecule has 1 N–H and O–H groups in total. The van der Waals surface area contributed by atoms with E-state index in [0.29, 0.717) is 11.4 Å². The SMILES string of the molecule is CCN(CC)c1ccc(N=Nc2ccc(S(=O)(=O)O)cc2)cc1. The van der Waals surface area contributed by atoms with E-state index in [1.165, 1.54) is 24.3 Å². The Morgan fingerprint density at radius 2 is 1.30 bits per heavy atom. The van der Waals surface area contributed by atoms with Gasteiger partial charge < -0.3 is 4.90 Å². The Morgan fingerprint density at radius 3 is 1.70 bits per heavy atom. The maximum atomic E-state index is 11.0. The third-order valence-electron chi connectivity index (χ3n) is 3.39. The van der Waals surface area contributed by atoms with Crippen molar-refractivity contribution in [3.8, 4) is 0 Å². The average Bonchev–Trinajstić information content (AvgIpc) is 2.55. The van der Waals surface area contributed by atoms with Gasteiger partial charge in [-0.25, -0.2) is 0 Å². The zero-order chi connectivity index (χ0) is 16.9. The van der Waals surface area contributed by atoms with Gasteiger partial charge in [0.25, 0.3) is 10.1 Å². The molecule has 0 saturated carbocycles. The minimum atomic E-state index is -4.18. The van der Waals surface area contributed by atoms with E-state index in [9.17, 15) is 8.42 Å². The summed E-state index contributed by atoms with van der Waals surface area (Å²) in [5.41, 5.74) is 2.34. The van der Waals surface area contributed by atoms with Crippen molar-refractivity contribution in [1.82, 2.24) is 0 Å². The van der Waals surface area contributed by atoms with Gasteiger partial charge in [-0.2, -0.15) is 18.6 Å². The lowest BCUT2D eigenvalue weighted by atomic mass is 10.2. The van der Waals surface area contributed by atoms with Gasteiger partial charge in [-0.1, -0.05) is 0 Å². The quantitative estimate of drug-likeness (QED) is 0.634. The molecule has 6 nitrogen and oxygen atoms in total. The van der Waals surface area contributed by atoms with Gasteiger partial charge in [-0.05, 0) is 62.4 Å². The molecule has 2 rings (SSSR count). The zero-order valence-corrected chi connectivity index (χ0v) is 13.9. The molecule has 23 heavy (non-hydrogen) atoms. The molecule has 0 bridgehead atoms. The highest BCUT2D eigenvalue weighted by Gasteiger charge is 2.08. The van der Waals surface area contributed by atoms with Crippen molar-refractivity contribution in [1.29, 1.82) is 0 Å². The van der Waals surface area contributed by atoms with Crippen LogP contribution in [0.1, 0.15) is 13.8 Å². The van der Waals surface area contributed by atoms with Crippen molar-refractivity contribution in [3.63, 3.8) is 0 Å². The largest absolute Gasteiger partial charge is 0.372 e. The lowest BCUT2D eigenvalue weighted by molar-refractivity contribution is 0.483. The number of nitrogens with zero attached hydrogens (tertiary/aromatic N) is 3. The molecule has 0 radical (unpaired) electrons. The molecule has 0 aliphatic heterocycles. The first-order valence-corrected chi connectivity index (χ1v) is 8.72. The van der Waals surface area contributed by atoms with Gasteiger partial charge in [0.2, 0.25) is 0 Å². The summed E-state index contributed by atoms with van der Waals surface area (Å²) in [6.45, 7) is 6.09. The molecule has 0 aliphatic carbocycles. The van der Waals surface area contributed by atoms with Crippen LogP contribution in [0.4, 0.5) is 17.1 Å². The van der Waals surface area contributed by atoms with Gasteiger partial charge >= 0.3 is 0 Å². The molecule has 122 valence electrons. The van der Waals surface area contributed by atoms with E-state index in [-0.39, 0.29) is 4.90 Å². The van der Waals surface area contributed by atoms with Gasteiger partial charge in [0.05, 0.1) is 16.3 Å². The number of hydrogen-bond donors (Lipinski definition) is 1. The molecule has 7 heteroatoms. The lowest BCUT2D eigenvalue weighted by Crippen LogP contribution is -2.21. The van der Waals surface area contributed by atoms with Gasteiger partial charge in [0.15, 0.2) is 0 Å². The third kappa shape index (κ3) is 4.61. The number of hydrogen-bond acceptors (Lipinski definition) is 5. The topological polar surface area (TPSA) is 82.3 Å². The predicted octanol–water partition coefficient (Wildman–Crippen LogP) is 4.19. The first-order valence-electron chi connectivity index (χ1n) is 7.28. The fraction of sp³-hybridized carbons (Fsp3) is 0.250. The van der Waals surface area contributed by atoms with E-state index < -0.39 is 10.1 Å². The van der Waals surface area contributed by atoms with Crippen LogP contribution in [0, 0.1) is 0 Å². The summed E-state index contributed by atoms with van der Waals surface area (Å²) < 4.78 is 30.8. The van der Waals surface area contributed by atoms with Crippen LogP contribution in [-0.4, -0.2) is 26.1 Å². The number of rotatable bonds is 6. The summed E-state index contributed by atoms with van der Waals surface area (Å²) in [4.78, 5) is 2.06. The summed E-state index contributed by atoms with van der Waals surface area (Å²) >= 11 is 0. The van der Waals surface area contributed by atoms with Crippen LogP contribution in [0.3, 0.4) is 0 Å². The van der Waals surface area contributed by atoms with Gasteiger partial charge in [-0.15, -0.1) is 0 Å². The number of azo groups is 1. The molecule has 0 aromatic heterocycles. The van der Waals surface area contributed by atoms with E-state index in [1.807, 2.05) is 24.3 Å². The molecule has 0 heterocycles. The predicted molar refractivity (Wildman–Crippen MR) is 90.4 cm³/mol. The van der Waals surface area contributed by atoms with Crippen LogP contribution in [-0.2, 0) is 10.1 Å². The molecule has 0 unspecified atom stereocenters. The van der Waals surface area contributed by atoms with Crippen molar-refractivity contribution in [3.05, 3.63) is 48.5 Å². The number of anilines is 1. The molecule has 0 fully saturated rings. The van der Waals surface area contributed by atoms with Crippen molar-refractivity contribution in [2.45, 2.75) is 18.7 Å². The molecular weight excluding hydrogens is 314 g/mol. The van der Waals surface area contributed by atoms with E-state index in [1.54, 1.807) is 0 Å². The monoisotopic (exact) mass is 333 g/mol. The Bertz CT molecular complexity index is 765. The van der Waals surface area contributed by atoms with Crippen molar-refractivity contribution in [2.24, 2.45) is 10.2 Å². The van der Waals surface area contributed by atoms with E-state index in [2.05, 4.69) is 29.0 Å². The maximum absolute atomic E-state index is 11.0. The van der Waals surface area contributed by atoms with E-state index in [0.717, 1.165) is 18.8 Å². The summed E-state index contributed by atoms with van der Waals surface area (Å²) in [5.74, 6) is 0. The third-order valence-corrected chi connectivity index (χ3v) is 4.26. The molecule has 0 spiro atoms. The smallest absolute Gasteiger partial charge is 0.294 e. The summed E-state index contributed by atoms with van der Waals surface area (Å²) in [6, 6.07) is 13.3. The Morgan fingerprint density at radius 1 is 0.870 bits per heavy atom. The molecule has 2 aromatic rings. The Balaban J connectivity index is 2.11. The molecule has 0 atom stereocenters. The minimum absolute atomic E-state index is 0.167. The van der Waals surface area contributed by atoms with Crippen LogP contribution in [0.25, 0.3) is 0 Å². The van der Waals surface area contributed by atoms with E-state index in [4.69, 9.17) is 4.55 Å². The van der Waals surface area contributed by atoms with Crippen molar-refractivity contribution >= 4 is 27.2 Å². The first-order chi connectivity index (χ1) is 10.9. The van der Waals surface area contributed by atoms with Crippen molar-refractivity contribution in [2.75, 3.05) is 18.0 Å². The second-order valence-electron chi connectivity index (χ2n) is 4.86. The van der Waals surface area contributed by atoms with Crippen LogP contribution in [0.15, 0.2) is 63.7 Å². The fourth-order valence-corrected chi connectivity index (χ4v) is 2.60. The van der Waals surface area contributed by atoms with Gasteiger partial charge in [0.1, 0.15) is 0 Å². The average molecular weight is 333 g/mol. The molecule has 0 saturated heterocycles. The Labute approximate surface area is 136 Å². The normalized spacial score (nSPS) is 11.8. The zero-order valence-electron chi connectivity index (χ0n) is 13.0. The fourth-order valence-electron chi connectivity index (χ4n) is 2.12. The van der Waals surface area contributed by atoms with Crippen molar-refractivity contribution < 1.29 is 13.0 Å². The minimum Gasteiger partial charge on any atom is -0.372 e. The second kappa shape index (κ2) is 7.34. The van der Waals surface area contributed by atoms with Crippen LogP contribution >= 0.6 is 0 Å². The van der Waals surface area contributed by atoms with Crippen LogP contribution < -0.4 is 4.90 Å². The molecular formula is C16H19N3O3S. The molecule has 0 aliphatic rings. The second-order valence-corrected chi connectivity index (χ2v) is 6.28. The van der Waals surface area contributed by atoms with Gasteiger partial charge in [0, 0.05) is 18.8 Å². The first kappa shape index (κ1) is 17.1. The van der Waals surface area contributed by atoms with Gasteiger partial charge in [-0.3, -0.25) is 4.55 Å². The Kier molecular flexibility index (Phi) is 5.46. The standard InChI is InChI=1S/C16H19N3O3S/c1-3-19(4-2)15-9-5-13(6-10-15)17-18-14-7-11-16(12-8-14)23(20,21)22/h5-12H,3-4H2,1-2H3,(H,20,21,22). The summed E-state index contributed by atoms with van der Waals surface area (Å²) in [6.07, 6.45) is 0. The number of benzene rings is 2. The van der Waals surface area contributed by atoms with Crippen LogP contribution in [0.5, 0.6) is 0 Å².